The number of nitrogens with two attached hydrogens (primary N) is 1. The Bertz CT molecular complexity index is 1160. The molecule has 0 spiro atoms. The maximum atomic E-state index is 12.3. The lowest BCUT2D eigenvalue weighted by molar-refractivity contribution is 0.367. The first kappa shape index (κ1) is 25.5. The van der Waals surface area contributed by atoms with Crippen molar-refractivity contribution in [3.05, 3.63) is 95.8 Å². The average Bonchev–Trinajstić information content (AvgIpc) is 2.89. The molecule has 3 atom stereocenters. The molecule has 1 aromatic heterocycles. The number of hydrogen-bond acceptors (Lipinski definition) is 5. The molecule has 0 fully saturated rings. The summed E-state index contributed by atoms with van der Waals surface area (Å²) in [6.07, 6.45) is 9.42. The lowest BCUT2D eigenvalue weighted by Gasteiger charge is -2.35. The fraction of sp³-hybridized carbons (Fsp3) is 0.393. The summed E-state index contributed by atoms with van der Waals surface area (Å²) >= 11 is 0. The van der Waals surface area contributed by atoms with Crippen LogP contribution in [0.25, 0.3) is 0 Å². The van der Waals surface area contributed by atoms with Crippen molar-refractivity contribution in [1.82, 2.24) is 15.0 Å². The minimum atomic E-state index is -3.44. The van der Waals surface area contributed by atoms with E-state index in [1.165, 1.54) is 16.7 Å². The SMILES string of the molecule is NC(CCCCNS(=O)(=O)c1ccccc1)CNC1CCc2ccccc2C1Cc1cccnc1. The van der Waals surface area contributed by atoms with Crippen molar-refractivity contribution in [3.63, 3.8) is 0 Å². The summed E-state index contributed by atoms with van der Waals surface area (Å²) in [5.74, 6) is 0.392. The van der Waals surface area contributed by atoms with Crippen LogP contribution in [-0.2, 0) is 22.9 Å². The molecule has 0 saturated heterocycles. The van der Waals surface area contributed by atoms with E-state index in [1.807, 2.05) is 24.5 Å². The molecule has 4 rings (SSSR count). The fourth-order valence-corrected chi connectivity index (χ4v) is 6.04. The van der Waals surface area contributed by atoms with E-state index < -0.39 is 10.0 Å². The highest BCUT2D eigenvalue weighted by Crippen LogP contribution is 2.34. The van der Waals surface area contributed by atoms with Crippen LogP contribution in [0.1, 0.15) is 48.3 Å². The molecule has 0 radical (unpaired) electrons. The molecule has 35 heavy (non-hydrogen) atoms. The zero-order valence-corrected chi connectivity index (χ0v) is 21.0. The number of rotatable bonds is 12. The van der Waals surface area contributed by atoms with Gasteiger partial charge in [0, 0.05) is 43.5 Å². The van der Waals surface area contributed by atoms with Gasteiger partial charge in [-0.05, 0) is 67.0 Å². The number of nitrogens with one attached hydrogen (secondary N) is 2. The minimum Gasteiger partial charge on any atom is -0.327 e. The number of pyridine rings is 1. The van der Waals surface area contributed by atoms with E-state index in [9.17, 15) is 8.42 Å². The summed E-state index contributed by atoms with van der Waals surface area (Å²) in [6, 6.07) is 21.8. The minimum absolute atomic E-state index is 0.0388. The van der Waals surface area contributed by atoms with Gasteiger partial charge in [-0.2, -0.15) is 0 Å². The first-order valence-corrected chi connectivity index (χ1v) is 14.0. The van der Waals surface area contributed by atoms with Crippen LogP contribution >= 0.6 is 0 Å². The lowest BCUT2D eigenvalue weighted by Crippen LogP contribution is -2.44. The topological polar surface area (TPSA) is 97.1 Å². The number of hydrogen-bond donors (Lipinski definition) is 3. The number of aryl methyl sites for hydroxylation is 1. The Morgan fingerprint density at radius 1 is 1.00 bits per heavy atom. The molecular weight excluding hydrogens is 456 g/mol. The first-order chi connectivity index (χ1) is 17.0. The van der Waals surface area contributed by atoms with Gasteiger partial charge in [0.05, 0.1) is 4.90 Å². The van der Waals surface area contributed by atoms with Crippen LogP contribution in [0.3, 0.4) is 0 Å². The predicted octanol–water partition coefficient (Wildman–Crippen LogP) is 3.79. The Morgan fingerprint density at radius 3 is 2.60 bits per heavy atom. The van der Waals surface area contributed by atoms with Gasteiger partial charge in [0.2, 0.25) is 10.0 Å². The quantitative estimate of drug-likeness (QED) is 0.334. The molecular formula is C28H36N4O2S. The number of sulfonamides is 1. The Labute approximate surface area is 209 Å². The van der Waals surface area contributed by atoms with Crippen molar-refractivity contribution in [2.75, 3.05) is 13.1 Å². The predicted molar refractivity (Wildman–Crippen MR) is 141 cm³/mol. The van der Waals surface area contributed by atoms with Crippen molar-refractivity contribution < 1.29 is 8.42 Å². The molecule has 0 aliphatic heterocycles. The highest BCUT2D eigenvalue weighted by atomic mass is 32.2. The van der Waals surface area contributed by atoms with Gasteiger partial charge in [-0.25, -0.2) is 13.1 Å². The average molecular weight is 493 g/mol. The van der Waals surface area contributed by atoms with Crippen molar-refractivity contribution in [3.8, 4) is 0 Å². The summed E-state index contributed by atoms with van der Waals surface area (Å²) in [6.45, 7) is 1.18. The van der Waals surface area contributed by atoms with Gasteiger partial charge in [-0.1, -0.05) is 55.0 Å². The lowest BCUT2D eigenvalue weighted by atomic mass is 9.76. The van der Waals surface area contributed by atoms with Crippen LogP contribution in [0.5, 0.6) is 0 Å². The second-order valence-corrected chi connectivity index (χ2v) is 11.2. The highest BCUT2D eigenvalue weighted by molar-refractivity contribution is 7.89. The number of benzene rings is 2. The van der Waals surface area contributed by atoms with Crippen LogP contribution in [0, 0.1) is 0 Å². The summed E-state index contributed by atoms with van der Waals surface area (Å²) in [5.41, 5.74) is 10.6. The van der Waals surface area contributed by atoms with E-state index in [0.29, 0.717) is 23.4 Å². The maximum Gasteiger partial charge on any atom is 0.240 e. The normalized spacial score (nSPS) is 18.7. The third-order valence-corrected chi connectivity index (χ3v) is 8.31. The Morgan fingerprint density at radius 2 is 1.80 bits per heavy atom. The van der Waals surface area contributed by atoms with Gasteiger partial charge in [-0.3, -0.25) is 4.98 Å². The van der Waals surface area contributed by atoms with Crippen molar-refractivity contribution in [1.29, 1.82) is 0 Å². The third-order valence-electron chi connectivity index (χ3n) is 6.83. The van der Waals surface area contributed by atoms with E-state index in [-0.39, 0.29) is 6.04 Å². The molecule has 7 heteroatoms. The molecule has 4 N–H and O–H groups in total. The summed E-state index contributed by atoms with van der Waals surface area (Å²) < 4.78 is 27.3. The standard InChI is InChI=1S/C28H36N4O2S/c29-24(11-6-7-18-32-35(33,34)25-12-2-1-3-13-25)21-31-28-16-15-23-10-4-5-14-26(23)27(28)19-22-9-8-17-30-20-22/h1-5,8-10,12-14,17,20,24,27-28,31-32H,6-7,11,15-16,18-19,21,29H2. The monoisotopic (exact) mass is 492 g/mol. The van der Waals surface area contributed by atoms with Gasteiger partial charge in [0.25, 0.3) is 0 Å². The van der Waals surface area contributed by atoms with Crippen LogP contribution in [0.15, 0.2) is 84.0 Å². The largest absolute Gasteiger partial charge is 0.327 e. The van der Waals surface area contributed by atoms with Gasteiger partial charge < -0.3 is 11.1 Å². The number of fused-ring (bicyclic) bond motifs is 1. The molecule has 0 saturated carbocycles. The van der Waals surface area contributed by atoms with Crippen molar-refractivity contribution >= 4 is 10.0 Å². The second kappa shape index (κ2) is 12.4. The Hall–Kier alpha value is -2.58. The molecule has 1 aliphatic carbocycles. The van der Waals surface area contributed by atoms with Crippen molar-refractivity contribution in [2.24, 2.45) is 5.73 Å². The summed E-state index contributed by atoms with van der Waals surface area (Å²) in [4.78, 5) is 4.60. The molecule has 6 nitrogen and oxygen atoms in total. The van der Waals surface area contributed by atoms with E-state index in [2.05, 4.69) is 45.4 Å². The van der Waals surface area contributed by atoms with Crippen molar-refractivity contribution in [2.45, 2.75) is 61.4 Å². The van der Waals surface area contributed by atoms with E-state index in [0.717, 1.165) is 45.1 Å². The molecule has 2 aromatic carbocycles. The summed E-state index contributed by atoms with van der Waals surface area (Å²) in [5, 5.41) is 3.76. The first-order valence-electron chi connectivity index (χ1n) is 12.5. The molecule has 186 valence electrons. The van der Waals surface area contributed by atoms with Crippen LogP contribution in [0.2, 0.25) is 0 Å². The Balaban J connectivity index is 1.24. The van der Waals surface area contributed by atoms with E-state index >= 15 is 0 Å². The number of aromatic nitrogens is 1. The third kappa shape index (κ3) is 7.21. The fourth-order valence-electron chi connectivity index (χ4n) is 4.95. The van der Waals surface area contributed by atoms with Crippen LogP contribution < -0.4 is 15.8 Å². The smallest absolute Gasteiger partial charge is 0.240 e. The molecule has 0 bridgehead atoms. The van der Waals surface area contributed by atoms with Crippen LogP contribution in [-0.4, -0.2) is 38.6 Å². The van der Waals surface area contributed by atoms with Gasteiger partial charge in [0.15, 0.2) is 0 Å². The molecule has 0 amide bonds. The number of unbranched alkanes of at least 4 members (excludes halogenated alkanes) is 1. The number of nitrogens with zero attached hydrogens (tertiary/aromatic N) is 1. The second-order valence-electron chi connectivity index (χ2n) is 9.39. The molecule has 3 aromatic rings. The van der Waals surface area contributed by atoms with Gasteiger partial charge in [-0.15, -0.1) is 0 Å². The van der Waals surface area contributed by atoms with Gasteiger partial charge in [0.1, 0.15) is 0 Å². The van der Waals surface area contributed by atoms with E-state index in [4.69, 9.17) is 5.73 Å². The van der Waals surface area contributed by atoms with Crippen LogP contribution in [0.4, 0.5) is 0 Å². The maximum absolute atomic E-state index is 12.3. The zero-order chi connectivity index (χ0) is 24.5. The van der Waals surface area contributed by atoms with E-state index in [1.54, 1.807) is 24.3 Å². The summed E-state index contributed by atoms with van der Waals surface area (Å²) in [7, 11) is -3.44. The molecule has 1 heterocycles. The van der Waals surface area contributed by atoms with Gasteiger partial charge >= 0.3 is 0 Å². The zero-order valence-electron chi connectivity index (χ0n) is 20.1. The highest BCUT2D eigenvalue weighted by Gasteiger charge is 2.29. The molecule has 3 unspecified atom stereocenters. The molecule has 1 aliphatic rings. The Kier molecular flexibility index (Phi) is 9.04.